The van der Waals surface area contributed by atoms with Gasteiger partial charge < -0.3 is 5.32 Å². The van der Waals surface area contributed by atoms with Crippen molar-refractivity contribution >= 4 is 28.0 Å². The molecule has 0 fully saturated rings. The summed E-state index contributed by atoms with van der Waals surface area (Å²) in [5, 5.41) is 13.2. The number of nitriles is 1. The standard InChI is InChI=1S/C24H21N3O2S/c1-16(28)18-7-9-19(10-8-18)23(29)26-24-21(13-25)20-11-12-27(15-22(20)30-24)14-17-5-3-2-4-6-17/h2-10H,11-12,14-15H2,1H3,(H,26,29). The van der Waals surface area contributed by atoms with Crippen LogP contribution in [0.1, 0.15) is 49.2 Å². The molecule has 1 aliphatic rings. The van der Waals surface area contributed by atoms with E-state index in [1.54, 1.807) is 24.3 Å². The van der Waals surface area contributed by atoms with E-state index in [0.717, 1.165) is 36.5 Å². The number of nitrogens with zero attached hydrogens (tertiary/aromatic N) is 2. The number of carbonyl (C=O) groups excluding carboxylic acids is 2. The highest BCUT2D eigenvalue weighted by atomic mass is 32.1. The Balaban J connectivity index is 1.51. The first kappa shape index (κ1) is 20.0. The lowest BCUT2D eigenvalue weighted by Crippen LogP contribution is -2.29. The van der Waals surface area contributed by atoms with Crippen LogP contribution in [0.3, 0.4) is 0 Å². The minimum Gasteiger partial charge on any atom is -0.312 e. The molecule has 0 saturated carbocycles. The fourth-order valence-corrected chi connectivity index (χ4v) is 4.91. The van der Waals surface area contributed by atoms with Crippen LogP contribution in [-0.4, -0.2) is 23.1 Å². The van der Waals surface area contributed by atoms with Crippen molar-refractivity contribution in [3.8, 4) is 6.07 Å². The molecule has 3 aromatic rings. The molecule has 1 N–H and O–H groups in total. The first-order valence-electron chi connectivity index (χ1n) is 9.78. The molecule has 1 aromatic heterocycles. The highest BCUT2D eigenvalue weighted by molar-refractivity contribution is 7.16. The minimum atomic E-state index is -0.277. The Morgan fingerprint density at radius 3 is 2.47 bits per heavy atom. The third-order valence-electron chi connectivity index (χ3n) is 5.28. The van der Waals surface area contributed by atoms with Gasteiger partial charge in [0.15, 0.2) is 5.78 Å². The number of Topliss-reactive ketones (excluding diaryl/α,β-unsaturated/α-hetero) is 1. The highest BCUT2D eigenvalue weighted by Crippen LogP contribution is 2.37. The molecule has 2 heterocycles. The third-order valence-corrected chi connectivity index (χ3v) is 6.41. The van der Waals surface area contributed by atoms with Crippen molar-refractivity contribution in [3.05, 3.63) is 87.3 Å². The van der Waals surface area contributed by atoms with Crippen LogP contribution in [0.4, 0.5) is 5.00 Å². The van der Waals surface area contributed by atoms with E-state index in [2.05, 4.69) is 28.4 Å². The van der Waals surface area contributed by atoms with Crippen LogP contribution in [0.5, 0.6) is 0 Å². The van der Waals surface area contributed by atoms with Gasteiger partial charge >= 0.3 is 0 Å². The van der Waals surface area contributed by atoms with E-state index >= 15 is 0 Å². The molecule has 0 spiro atoms. The lowest BCUT2D eigenvalue weighted by Gasteiger charge is -2.26. The van der Waals surface area contributed by atoms with Crippen LogP contribution in [0.15, 0.2) is 54.6 Å². The second kappa shape index (κ2) is 8.62. The van der Waals surface area contributed by atoms with Crippen molar-refractivity contribution < 1.29 is 9.59 Å². The number of hydrogen-bond acceptors (Lipinski definition) is 5. The summed E-state index contributed by atoms with van der Waals surface area (Å²) < 4.78 is 0. The second-order valence-corrected chi connectivity index (χ2v) is 8.46. The number of amides is 1. The van der Waals surface area contributed by atoms with E-state index in [1.165, 1.54) is 23.8 Å². The zero-order chi connectivity index (χ0) is 21.1. The number of anilines is 1. The molecule has 0 unspecified atom stereocenters. The highest BCUT2D eigenvalue weighted by Gasteiger charge is 2.25. The van der Waals surface area contributed by atoms with Gasteiger partial charge in [-0.1, -0.05) is 42.5 Å². The fraction of sp³-hybridized carbons (Fsp3) is 0.208. The normalized spacial score (nSPS) is 13.3. The van der Waals surface area contributed by atoms with Gasteiger partial charge in [0.1, 0.15) is 11.1 Å². The van der Waals surface area contributed by atoms with Gasteiger partial charge in [-0.15, -0.1) is 11.3 Å². The van der Waals surface area contributed by atoms with E-state index < -0.39 is 0 Å². The van der Waals surface area contributed by atoms with E-state index in [0.29, 0.717) is 21.7 Å². The van der Waals surface area contributed by atoms with Gasteiger partial charge in [-0.05, 0) is 36.6 Å². The summed E-state index contributed by atoms with van der Waals surface area (Å²) >= 11 is 1.48. The third kappa shape index (κ3) is 4.18. The summed E-state index contributed by atoms with van der Waals surface area (Å²) in [4.78, 5) is 27.6. The fourth-order valence-electron chi connectivity index (χ4n) is 3.67. The van der Waals surface area contributed by atoms with Crippen molar-refractivity contribution in [3.63, 3.8) is 0 Å². The predicted octanol–water partition coefficient (Wildman–Crippen LogP) is 4.63. The molecule has 2 aromatic carbocycles. The summed E-state index contributed by atoms with van der Waals surface area (Å²) in [5.41, 5.74) is 3.91. The van der Waals surface area contributed by atoms with Crippen LogP contribution in [0, 0.1) is 11.3 Å². The Hall–Kier alpha value is -3.27. The number of thiophene rings is 1. The van der Waals surface area contributed by atoms with Crippen LogP contribution < -0.4 is 5.32 Å². The summed E-state index contributed by atoms with van der Waals surface area (Å²) in [5.74, 6) is -0.318. The molecular formula is C24H21N3O2S. The Morgan fingerprint density at radius 2 is 1.80 bits per heavy atom. The Kier molecular flexibility index (Phi) is 5.75. The number of carbonyl (C=O) groups is 2. The number of nitrogens with one attached hydrogen (secondary N) is 1. The molecule has 0 atom stereocenters. The van der Waals surface area contributed by atoms with Crippen molar-refractivity contribution in [2.24, 2.45) is 0 Å². The summed E-state index contributed by atoms with van der Waals surface area (Å²) in [6, 6.07) is 19.2. The molecule has 5 nitrogen and oxygen atoms in total. The van der Waals surface area contributed by atoms with E-state index in [1.807, 2.05) is 18.2 Å². The molecule has 0 radical (unpaired) electrons. The lowest BCUT2D eigenvalue weighted by atomic mass is 10.0. The van der Waals surface area contributed by atoms with Crippen molar-refractivity contribution in [2.75, 3.05) is 11.9 Å². The minimum absolute atomic E-state index is 0.0419. The molecule has 6 heteroatoms. The SMILES string of the molecule is CC(=O)c1ccc(C(=O)Nc2sc3c(c2C#N)CCN(Cc2ccccc2)C3)cc1. The van der Waals surface area contributed by atoms with Gasteiger partial charge in [0, 0.05) is 35.6 Å². The van der Waals surface area contributed by atoms with Crippen molar-refractivity contribution in [2.45, 2.75) is 26.4 Å². The number of fused-ring (bicyclic) bond motifs is 1. The largest absolute Gasteiger partial charge is 0.312 e. The first-order valence-corrected chi connectivity index (χ1v) is 10.6. The van der Waals surface area contributed by atoms with Gasteiger partial charge in [-0.25, -0.2) is 0 Å². The van der Waals surface area contributed by atoms with Crippen LogP contribution >= 0.6 is 11.3 Å². The van der Waals surface area contributed by atoms with Gasteiger partial charge in [-0.2, -0.15) is 5.26 Å². The smallest absolute Gasteiger partial charge is 0.256 e. The molecule has 1 amide bonds. The number of rotatable bonds is 5. The quantitative estimate of drug-likeness (QED) is 0.617. The van der Waals surface area contributed by atoms with Gasteiger partial charge in [0.25, 0.3) is 5.91 Å². The maximum atomic E-state index is 12.7. The zero-order valence-corrected chi connectivity index (χ0v) is 17.5. The summed E-state index contributed by atoms with van der Waals surface area (Å²) in [7, 11) is 0. The summed E-state index contributed by atoms with van der Waals surface area (Å²) in [6.07, 6.45) is 0.796. The second-order valence-electron chi connectivity index (χ2n) is 7.35. The first-order chi connectivity index (χ1) is 14.5. The summed E-state index contributed by atoms with van der Waals surface area (Å²) in [6.45, 7) is 4.01. The lowest BCUT2D eigenvalue weighted by molar-refractivity contribution is 0.101. The van der Waals surface area contributed by atoms with E-state index in [4.69, 9.17) is 0 Å². The Bertz CT molecular complexity index is 1130. The molecular weight excluding hydrogens is 394 g/mol. The maximum Gasteiger partial charge on any atom is 0.256 e. The zero-order valence-electron chi connectivity index (χ0n) is 16.6. The van der Waals surface area contributed by atoms with E-state index in [-0.39, 0.29) is 11.7 Å². The van der Waals surface area contributed by atoms with Crippen LogP contribution in [0.2, 0.25) is 0 Å². The van der Waals surface area contributed by atoms with Gasteiger partial charge in [-0.3, -0.25) is 14.5 Å². The number of hydrogen-bond donors (Lipinski definition) is 1. The monoisotopic (exact) mass is 415 g/mol. The number of benzene rings is 2. The van der Waals surface area contributed by atoms with Crippen LogP contribution in [-0.2, 0) is 19.5 Å². The molecule has 1 aliphatic heterocycles. The Labute approximate surface area is 179 Å². The van der Waals surface area contributed by atoms with Gasteiger partial charge in [0.05, 0.1) is 5.56 Å². The molecule has 0 bridgehead atoms. The number of ketones is 1. The average Bonchev–Trinajstić information content (AvgIpc) is 3.10. The van der Waals surface area contributed by atoms with Gasteiger partial charge in [0.2, 0.25) is 0 Å². The topological polar surface area (TPSA) is 73.2 Å². The van der Waals surface area contributed by atoms with Crippen molar-refractivity contribution in [1.82, 2.24) is 4.90 Å². The Morgan fingerprint density at radius 1 is 1.10 bits per heavy atom. The predicted molar refractivity (Wildman–Crippen MR) is 118 cm³/mol. The van der Waals surface area contributed by atoms with E-state index in [9.17, 15) is 14.9 Å². The van der Waals surface area contributed by atoms with Crippen LogP contribution in [0.25, 0.3) is 0 Å². The molecule has 0 saturated heterocycles. The average molecular weight is 416 g/mol. The molecule has 30 heavy (non-hydrogen) atoms. The molecule has 0 aliphatic carbocycles. The maximum absolute atomic E-state index is 12.7. The molecule has 4 rings (SSSR count). The molecule has 150 valence electrons. The van der Waals surface area contributed by atoms with Crippen molar-refractivity contribution in [1.29, 1.82) is 5.26 Å².